The van der Waals surface area contributed by atoms with Crippen LogP contribution in [0.15, 0.2) is 62.9 Å². The maximum Gasteiger partial charge on any atom is 0.294 e. The molecule has 2 aromatic carbocycles. The molecule has 3 rings (SSSR count). The number of methoxy groups -OCH3 is 1. The van der Waals surface area contributed by atoms with Crippen molar-refractivity contribution in [2.24, 2.45) is 0 Å². The van der Waals surface area contributed by atoms with Gasteiger partial charge in [0.15, 0.2) is 0 Å². The highest BCUT2D eigenvalue weighted by Crippen LogP contribution is 2.41. The summed E-state index contributed by atoms with van der Waals surface area (Å²) in [4.78, 5) is 13.8. The first-order chi connectivity index (χ1) is 11.8. The van der Waals surface area contributed by atoms with E-state index in [1.807, 2.05) is 0 Å². The van der Waals surface area contributed by atoms with E-state index in [-0.39, 0.29) is 10.7 Å². The van der Waals surface area contributed by atoms with Crippen LogP contribution in [-0.2, 0) is 10.1 Å². The van der Waals surface area contributed by atoms with Crippen LogP contribution >= 0.6 is 11.8 Å². The van der Waals surface area contributed by atoms with Crippen molar-refractivity contribution in [2.45, 2.75) is 16.7 Å². The molecule has 2 aromatic rings. The molecule has 1 aliphatic rings. The monoisotopic (exact) mass is 377 g/mol. The van der Waals surface area contributed by atoms with E-state index in [9.17, 15) is 13.2 Å². The van der Waals surface area contributed by atoms with Crippen molar-refractivity contribution in [3.8, 4) is 5.75 Å². The number of ether oxygens (including phenoxy) is 1. The van der Waals surface area contributed by atoms with Crippen LogP contribution in [0.1, 0.15) is 17.3 Å². The van der Waals surface area contributed by atoms with E-state index >= 15 is 0 Å². The molecule has 0 spiro atoms. The van der Waals surface area contributed by atoms with Crippen LogP contribution in [-0.4, -0.2) is 25.9 Å². The van der Waals surface area contributed by atoms with Crippen LogP contribution in [0.5, 0.6) is 5.75 Å². The molecule has 25 heavy (non-hydrogen) atoms. The summed E-state index contributed by atoms with van der Waals surface area (Å²) in [6, 6.07) is 11.0. The Balaban J connectivity index is 1.92. The first kappa shape index (κ1) is 17.5. The number of Topliss-reactive ketones (excluding diaryl/α,β-unsaturated/α-hetero) is 1. The number of benzene rings is 2. The van der Waals surface area contributed by atoms with Gasteiger partial charge in [-0.05, 0) is 49.4 Å². The lowest BCUT2D eigenvalue weighted by Crippen LogP contribution is -2.12. The summed E-state index contributed by atoms with van der Waals surface area (Å²) in [5.74, 6) is 0.530. The standard InChI is InChI=1S/C17H15NO5S2/c1-10-17(16(19)11-3-5-12(23-2)6-4-11)24-15-8-7-13(25(20,21)22)9-14(15)18-10/h3-9,18H,1-2H3,(H,20,21,22). The van der Waals surface area contributed by atoms with Crippen molar-refractivity contribution in [1.29, 1.82) is 0 Å². The Morgan fingerprint density at radius 3 is 2.44 bits per heavy atom. The predicted octanol–water partition coefficient (Wildman–Crippen LogP) is 3.57. The molecule has 0 saturated heterocycles. The molecule has 0 atom stereocenters. The molecule has 0 unspecified atom stereocenters. The Kier molecular flexibility index (Phi) is 4.59. The van der Waals surface area contributed by atoms with Gasteiger partial charge in [-0.3, -0.25) is 9.35 Å². The van der Waals surface area contributed by atoms with Crippen molar-refractivity contribution in [3.63, 3.8) is 0 Å². The van der Waals surface area contributed by atoms with Gasteiger partial charge in [-0.15, -0.1) is 0 Å². The second-order valence-corrected chi connectivity index (χ2v) is 7.85. The van der Waals surface area contributed by atoms with Gasteiger partial charge < -0.3 is 10.1 Å². The maximum atomic E-state index is 12.8. The molecule has 0 aromatic heterocycles. The molecule has 1 heterocycles. The van der Waals surface area contributed by atoms with E-state index in [0.717, 1.165) is 0 Å². The molecule has 8 heteroatoms. The first-order valence-electron chi connectivity index (χ1n) is 7.25. The lowest BCUT2D eigenvalue weighted by molar-refractivity contribution is 0.104. The number of hydrogen-bond donors (Lipinski definition) is 2. The number of allylic oxidation sites excluding steroid dienone is 2. The lowest BCUT2D eigenvalue weighted by atomic mass is 10.1. The van der Waals surface area contributed by atoms with Crippen LogP contribution in [0.2, 0.25) is 0 Å². The largest absolute Gasteiger partial charge is 0.497 e. The summed E-state index contributed by atoms with van der Waals surface area (Å²) in [7, 11) is -2.72. The summed E-state index contributed by atoms with van der Waals surface area (Å²) < 4.78 is 36.7. The minimum Gasteiger partial charge on any atom is -0.497 e. The highest BCUT2D eigenvalue weighted by molar-refractivity contribution is 8.04. The third kappa shape index (κ3) is 3.55. The molecule has 130 valence electrons. The lowest BCUT2D eigenvalue weighted by Gasteiger charge is -2.22. The van der Waals surface area contributed by atoms with Crippen LogP contribution in [0.25, 0.3) is 0 Å². The minimum atomic E-state index is -4.28. The molecule has 6 nitrogen and oxygen atoms in total. The fraction of sp³-hybridized carbons (Fsp3) is 0.118. The van der Waals surface area contributed by atoms with E-state index in [4.69, 9.17) is 9.29 Å². The molecular weight excluding hydrogens is 362 g/mol. The highest BCUT2D eigenvalue weighted by Gasteiger charge is 2.24. The van der Waals surface area contributed by atoms with Crippen molar-refractivity contribution in [3.05, 3.63) is 58.6 Å². The first-order valence-corrected chi connectivity index (χ1v) is 9.51. The van der Waals surface area contributed by atoms with E-state index in [1.165, 1.54) is 23.9 Å². The molecule has 0 bridgehead atoms. The highest BCUT2D eigenvalue weighted by atomic mass is 32.2. The van der Waals surface area contributed by atoms with E-state index in [2.05, 4.69) is 5.32 Å². The Hall–Kier alpha value is -2.29. The summed E-state index contributed by atoms with van der Waals surface area (Å²) in [5, 5.41) is 3.03. The summed E-state index contributed by atoms with van der Waals surface area (Å²) >= 11 is 1.26. The number of nitrogens with one attached hydrogen (secondary N) is 1. The third-order valence-corrected chi connectivity index (χ3v) is 5.80. The summed E-state index contributed by atoms with van der Waals surface area (Å²) in [6.45, 7) is 1.74. The fourth-order valence-corrected chi connectivity index (χ4v) is 3.89. The average molecular weight is 377 g/mol. The topological polar surface area (TPSA) is 92.7 Å². The third-order valence-electron chi connectivity index (χ3n) is 3.68. The Morgan fingerprint density at radius 2 is 1.84 bits per heavy atom. The Bertz CT molecular complexity index is 979. The number of anilines is 1. The predicted molar refractivity (Wildman–Crippen MR) is 95.8 cm³/mol. The quantitative estimate of drug-likeness (QED) is 0.621. The smallest absolute Gasteiger partial charge is 0.294 e. The fourth-order valence-electron chi connectivity index (χ4n) is 2.39. The van der Waals surface area contributed by atoms with Gasteiger partial charge in [-0.2, -0.15) is 8.42 Å². The van der Waals surface area contributed by atoms with Gasteiger partial charge in [0.25, 0.3) is 10.1 Å². The number of thioether (sulfide) groups is 1. The molecule has 0 amide bonds. The normalized spacial score (nSPS) is 13.9. The molecule has 0 radical (unpaired) electrons. The Labute approximate surface area is 149 Å². The number of hydrogen-bond acceptors (Lipinski definition) is 6. The number of carbonyl (C=O) groups is 1. The van der Waals surface area contributed by atoms with Crippen molar-refractivity contribution in [2.75, 3.05) is 12.4 Å². The van der Waals surface area contributed by atoms with Crippen molar-refractivity contribution >= 4 is 33.4 Å². The number of carbonyl (C=O) groups excluding carboxylic acids is 1. The molecule has 2 N–H and O–H groups in total. The van der Waals surface area contributed by atoms with Gasteiger partial charge in [-0.25, -0.2) is 0 Å². The molecule has 0 fully saturated rings. The average Bonchev–Trinajstić information content (AvgIpc) is 2.59. The Morgan fingerprint density at radius 1 is 1.16 bits per heavy atom. The zero-order chi connectivity index (χ0) is 18.2. The number of fused-ring (bicyclic) bond motifs is 1. The molecule has 0 saturated carbocycles. The van der Waals surface area contributed by atoms with Gasteiger partial charge in [-0.1, -0.05) is 11.8 Å². The second-order valence-electron chi connectivity index (χ2n) is 5.37. The van der Waals surface area contributed by atoms with E-state index in [1.54, 1.807) is 44.4 Å². The van der Waals surface area contributed by atoms with E-state index < -0.39 is 10.1 Å². The minimum absolute atomic E-state index is 0.137. The van der Waals surface area contributed by atoms with Gasteiger partial charge in [0.1, 0.15) is 5.75 Å². The number of rotatable bonds is 4. The van der Waals surface area contributed by atoms with Crippen molar-refractivity contribution in [1.82, 2.24) is 0 Å². The van der Waals surface area contributed by atoms with Gasteiger partial charge in [0.2, 0.25) is 5.78 Å². The van der Waals surface area contributed by atoms with Crippen LogP contribution in [0, 0.1) is 0 Å². The summed E-state index contributed by atoms with van der Waals surface area (Å²) in [6.07, 6.45) is 0. The van der Waals surface area contributed by atoms with Crippen LogP contribution < -0.4 is 10.1 Å². The molecule has 1 aliphatic heterocycles. The van der Waals surface area contributed by atoms with Crippen LogP contribution in [0.4, 0.5) is 5.69 Å². The second kappa shape index (κ2) is 6.55. The maximum absolute atomic E-state index is 12.8. The SMILES string of the molecule is COc1ccc(C(=O)C2=C(C)Nc3cc(S(=O)(=O)O)ccc3S2)cc1. The zero-order valence-corrected chi connectivity index (χ0v) is 15.1. The van der Waals surface area contributed by atoms with Crippen molar-refractivity contribution < 1.29 is 22.5 Å². The molecular formula is C17H15NO5S2. The molecule has 0 aliphatic carbocycles. The van der Waals surface area contributed by atoms with Crippen LogP contribution in [0.3, 0.4) is 0 Å². The van der Waals surface area contributed by atoms with Gasteiger partial charge >= 0.3 is 0 Å². The van der Waals surface area contributed by atoms with Gasteiger partial charge in [0.05, 0.1) is 22.6 Å². The van der Waals surface area contributed by atoms with Gasteiger partial charge in [0, 0.05) is 16.2 Å². The van der Waals surface area contributed by atoms with E-state index in [0.29, 0.717) is 32.5 Å². The summed E-state index contributed by atoms with van der Waals surface area (Å²) in [5.41, 5.74) is 1.68. The number of ketones is 1. The zero-order valence-electron chi connectivity index (χ0n) is 13.4.